The van der Waals surface area contributed by atoms with E-state index in [0.717, 1.165) is 12.8 Å². The van der Waals surface area contributed by atoms with Crippen molar-refractivity contribution < 1.29 is 0 Å². The van der Waals surface area contributed by atoms with Crippen molar-refractivity contribution in [2.75, 3.05) is 14.1 Å². The van der Waals surface area contributed by atoms with Gasteiger partial charge in [0, 0.05) is 20.3 Å². The van der Waals surface area contributed by atoms with Gasteiger partial charge >= 0.3 is 0 Å². The molecule has 0 N–H and O–H groups in total. The van der Waals surface area contributed by atoms with Crippen LogP contribution in [-0.4, -0.2) is 25.3 Å². The Morgan fingerprint density at radius 3 is 2.42 bits per heavy atom. The summed E-state index contributed by atoms with van der Waals surface area (Å²) in [6.45, 7) is 4.34. The fraction of sp³-hybridized carbons (Fsp3) is 0.700. The minimum atomic E-state index is 1.07. The van der Waals surface area contributed by atoms with Crippen LogP contribution in [0.3, 0.4) is 0 Å². The van der Waals surface area contributed by atoms with Crippen LogP contribution >= 0.6 is 0 Å². The van der Waals surface area contributed by atoms with Crippen LogP contribution in [0.15, 0.2) is 16.8 Å². The van der Waals surface area contributed by atoms with Gasteiger partial charge < -0.3 is 5.01 Å². The first-order valence-corrected chi connectivity index (χ1v) is 4.61. The molecule has 70 valence electrons. The summed E-state index contributed by atoms with van der Waals surface area (Å²) < 4.78 is 0. The van der Waals surface area contributed by atoms with Crippen molar-refractivity contribution in [1.29, 1.82) is 0 Å². The van der Waals surface area contributed by atoms with Gasteiger partial charge in [-0.15, -0.1) is 0 Å². The van der Waals surface area contributed by atoms with Gasteiger partial charge in [0.2, 0.25) is 0 Å². The topological polar surface area (TPSA) is 15.6 Å². The van der Waals surface area contributed by atoms with Gasteiger partial charge in [-0.1, -0.05) is 26.3 Å². The van der Waals surface area contributed by atoms with E-state index in [9.17, 15) is 0 Å². The largest absolute Gasteiger partial charge is 0.303 e. The van der Waals surface area contributed by atoms with Gasteiger partial charge in [-0.05, 0) is 18.4 Å². The second kappa shape index (κ2) is 6.89. The van der Waals surface area contributed by atoms with Gasteiger partial charge in [0.1, 0.15) is 0 Å². The molecule has 0 unspecified atom stereocenters. The Balaban J connectivity index is 3.98. The first kappa shape index (κ1) is 11.2. The summed E-state index contributed by atoms with van der Waals surface area (Å²) in [4.78, 5) is 0. The minimum absolute atomic E-state index is 1.07. The lowest BCUT2D eigenvalue weighted by Crippen LogP contribution is -2.02. The Hall–Kier alpha value is -0.790. The third kappa shape index (κ3) is 5.96. The molecular formula is C10H20N2. The van der Waals surface area contributed by atoms with Crippen LogP contribution < -0.4 is 0 Å². The average Bonchev–Trinajstić information content (AvgIpc) is 2.05. The third-order valence-corrected chi connectivity index (χ3v) is 1.56. The van der Waals surface area contributed by atoms with E-state index in [0.29, 0.717) is 0 Å². The molecule has 0 fully saturated rings. The molecule has 0 saturated heterocycles. The van der Waals surface area contributed by atoms with E-state index in [1.165, 1.54) is 12.0 Å². The maximum atomic E-state index is 4.19. The SMILES string of the molecule is CCCC=C(C=NN(C)C)CC. The van der Waals surface area contributed by atoms with Crippen LogP contribution in [-0.2, 0) is 0 Å². The average molecular weight is 168 g/mol. The lowest BCUT2D eigenvalue weighted by molar-refractivity contribution is 0.440. The van der Waals surface area contributed by atoms with E-state index in [2.05, 4.69) is 25.0 Å². The van der Waals surface area contributed by atoms with E-state index >= 15 is 0 Å². The molecule has 0 atom stereocenters. The zero-order valence-electron chi connectivity index (χ0n) is 8.67. The molecule has 0 saturated carbocycles. The normalized spacial score (nSPS) is 12.5. The predicted molar refractivity (Wildman–Crippen MR) is 55.5 cm³/mol. The number of allylic oxidation sites excluding steroid dienone is 2. The molecule has 0 spiro atoms. The molecule has 0 aliphatic heterocycles. The summed E-state index contributed by atoms with van der Waals surface area (Å²) in [6.07, 6.45) is 7.63. The minimum Gasteiger partial charge on any atom is -0.303 e. The number of nitrogens with zero attached hydrogens (tertiary/aromatic N) is 2. The van der Waals surface area contributed by atoms with Crippen LogP contribution in [0, 0.1) is 0 Å². The zero-order chi connectivity index (χ0) is 9.40. The number of hydrogen-bond acceptors (Lipinski definition) is 2. The smallest absolute Gasteiger partial charge is 0.0498 e. The maximum Gasteiger partial charge on any atom is 0.0498 e. The molecule has 0 radical (unpaired) electrons. The highest BCUT2D eigenvalue weighted by Crippen LogP contribution is 2.01. The molecule has 0 amide bonds. The molecule has 2 nitrogen and oxygen atoms in total. The van der Waals surface area contributed by atoms with Crippen molar-refractivity contribution in [1.82, 2.24) is 5.01 Å². The van der Waals surface area contributed by atoms with Crippen molar-refractivity contribution in [2.24, 2.45) is 5.10 Å². The quantitative estimate of drug-likeness (QED) is 0.455. The second-order valence-corrected chi connectivity index (χ2v) is 3.01. The van der Waals surface area contributed by atoms with Gasteiger partial charge in [-0.3, -0.25) is 0 Å². The van der Waals surface area contributed by atoms with Crippen LogP contribution in [0.1, 0.15) is 33.1 Å². The van der Waals surface area contributed by atoms with E-state index in [4.69, 9.17) is 0 Å². The Morgan fingerprint density at radius 2 is 2.00 bits per heavy atom. The van der Waals surface area contributed by atoms with E-state index in [-0.39, 0.29) is 0 Å². The maximum absolute atomic E-state index is 4.19. The standard InChI is InChI=1S/C10H20N2/c1-5-7-8-10(6-2)9-11-12(3)4/h8-9H,5-7H2,1-4H3. The molecule has 0 aliphatic rings. The van der Waals surface area contributed by atoms with Crippen LogP contribution in [0.2, 0.25) is 0 Å². The summed E-state index contributed by atoms with van der Waals surface area (Å²) in [7, 11) is 3.87. The molecule has 0 aromatic carbocycles. The van der Waals surface area contributed by atoms with E-state index in [1.54, 1.807) is 0 Å². The van der Waals surface area contributed by atoms with Gasteiger partial charge in [-0.25, -0.2) is 0 Å². The molecule has 0 aromatic heterocycles. The van der Waals surface area contributed by atoms with Crippen molar-refractivity contribution in [3.63, 3.8) is 0 Å². The number of hydrazone groups is 1. The lowest BCUT2D eigenvalue weighted by atomic mass is 10.2. The van der Waals surface area contributed by atoms with E-state index in [1.807, 2.05) is 25.3 Å². The number of rotatable bonds is 5. The second-order valence-electron chi connectivity index (χ2n) is 3.01. The summed E-state index contributed by atoms with van der Waals surface area (Å²) in [6, 6.07) is 0. The van der Waals surface area contributed by atoms with Crippen molar-refractivity contribution in [2.45, 2.75) is 33.1 Å². The van der Waals surface area contributed by atoms with Crippen molar-refractivity contribution in [3.05, 3.63) is 11.6 Å². The lowest BCUT2D eigenvalue weighted by Gasteiger charge is -2.03. The van der Waals surface area contributed by atoms with Crippen molar-refractivity contribution in [3.8, 4) is 0 Å². The Labute approximate surface area is 76.0 Å². The molecule has 0 aromatic rings. The fourth-order valence-electron chi connectivity index (χ4n) is 0.808. The molecule has 12 heavy (non-hydrogen) atoms. The highest BCUT2D eigenvalue weighted by molar-refractivity contribution is 5.77. The first-order chi connectivity index (χ1) is 5.70. The molecule has 2 heteroatoms. The predicted octanol–water partition coefficient (Wildman–Crippen LogP) is 2.67. The summed E-state index contributed by atoms with van der Waals surface area (Å²) in [5.74, 6) is 0. The highest BCUT2D eigenvalue weighted by atomic mass is 15.4. The Bertz CT molecular complexity index is 157. The molecule has 0 rings (SSSR count). The van der Waals surface area contributed by atoms with Crippen molar-refractivity contribution >= 4 is 6.21 Å². The number of unbranched alkanes of at least 4 members (excludes halogenated alkanes) is 1. The number of hydrogen-bond donors (Lipinski definition) is 0. The third-order valence-electron chi connectivity index (χ3n) is 1.56. The van der Waals surface area contributed by atoms with Gasteiger partial charge in [-0.2, -0.15) is 5.10 Å². The Kier molecular flexibility index (Phi) is 6.44. The fourth-order valence-corrected chi connectivity index (χ4v) is 0.808. The van der Waals surface area contributed by atoms with Gasteiger partial charge in [0.25, 0.3) is 0 Å². The van der Waals surface area contributed by atoms with Crippen LogP contribution in [0.5, 0.6) is 0 Å². The molecule has 0 heterocycles. The Morgan fingerprint density at radius 1 is 1.33 bits per heavy atom. The van der Waals surface area contributed by atoms with Gasteiger partial charge in [0.05, 0.1) is 0 Å². The molecule has 0 bridgehead atoms. The summed E-state index contributed by atoms with van der Waals surface area (Å²) >= 11 is 0. The van der Waals surface area contributed by atoms with Crippen LogP contribution in [0.25, 0.3) is 0 Å². The monoisotopic (exact) mass is 168 g/mol. The molecular weight excluding hydrogens is 148 g/mol. The van der Waals surface area contributed by atoms with Gasteiger partial charge in [0.15, 0.2) is 0 Å². The summed E-state index contributed by atoms with van der Waals surface area (Å²) in [5.41, 5.74) is 1.32. The molecule has 0 aliphatic carbocycles. The van der Waals surface area contributed by atoms with Crippen LogP contribution in [0.4, 0.5) is 0 Å². The first-order valence-electron chi connectivity index (χ1n) is 4.61. The summed E-state index contributed by atoms with van der Waals surface area (Å²) in [5, 5.41) is 6.00. The highest BCUT2D eigenvalue weighted by Gasteiger charge is 1.88. The zero-order valence-corrected chi connectivity index (χ0v) is 8.67. The van der Waals surface area contributed by atoms with E-state index < -0.39 is 0 Å².